The second-order valence-electron chi connectivity index (χ2n) is 8.26. The molecule has 0 spiro atoms. The summed E-state index contributed by atoms with van der Waals surface area (Å²) in [5.41, 5.74) is 4.40. The van der Waals surface area contributed by atoms with Crippen LogP contribution in [0.25, 0.3) is 0 Å². The molecule has 0 aliphatic rings. The lowest BCUT2D eigenvalue weighted by molar-refractivity contribution is -0.121. The molecule has 0 saturated heterocycles. The van der Waals surface area contributed by atoms with Crippen molar-refractivity contribution in [2.75, 3.05) is 6.61 Å². The van der Waals surface area contributed by atoms with E-state index in [4.69, 9.17) is 4.74 Å². The van der Waals surface area contributed by atoms with E-state index in [1.54, 1.807) is 6.07 Å². The minimum Gasteiger partial charge on any atom is -0.508 e. The molecule has 32 heavy (non-hydrogen) atoms. The van der Waals surface area contributed by atoms with Crippen molar-refractivity contribution < 1.29 is 14.6 Å². The number of carbonyl (C=O) groups is 1. The number of hydrogen-bond donors (Lipinski definition) is 1. The van der Waals surface area contributed by atoms with Crippen LogP contribution in [0.3, 0.4) is 0 Å². The molecule has 0 bridgehead atoms. The number of Topliss-reactive ketones (excluding diaryl/α,β-unsaturated/α-hetero) is 1. The van der Waals surface area contributed by atoms with Crippen LogP contribution < -0.4 is 4.74 Å². The van der Waals surface area contributed by atoms with Gasteiger partial charge in [0.25, 0.3) is 0 Å². The first-order valence-corrected chi connectivity index (χ1v) is 12.4. The number of phenols is 1. The van der Waals surface area contributed by atoms with E-state index >= 15 is 0 Å². The molecule has 5 heteroatoms. The monoisotopic (exact) mass is 558 g/mol. The summed E-state index contributed by atoms with van der Waals surface area (Å²) >= 11 is 7.30. The second-order valence-corrected chi connectivity index (χ2v) is 9.97. The second kappa shape index (κ2) is 11.7. The largest absolute Gasteiger partial charge is 0.508 e. The van der Waals surface area contributed by atoms with E-state index in [9.17, 15) is 9.90 Å². The molecule has 0 heterocycles. The molecule has 0 saturated carbocycles. The van der Waals surface area contributed by atoms with Crippen LogP contribution in [0.2, 0.25) is 0 Å². The Bertz CT molecular complexity index is 1040. The number of hydrogen-bond acceptors (Lipinski definition) is 3. The molecule has 3 rings (SSSR count). The minimum absolute atomic E-state index is 0.0721. The molecule has 1 N–H and O–H groups in total. The Morgan fingerprint density at radius 3 is 2.31 bits per heavy atom. The maximum absolute atomic E-state index is 12.2. The summed E-state index contributed by atoms with van der Waals surface area (Å²) < 4.78 is 7.59. The first-order chi connectivity index (χ1) is 15.3. The highest BCUT2D eigenvalue weighted by molar-refractivity contribution is 9.11. The van der Waals surface area contributed by atoms with Crippen molar-refractivity contribution in [3.8, 4) is 11.5 Å². The highest BCUT2D eigenvalue weighted by Gasteiger charge is 2.13. The molecular formula is C27H28Br2O3. The number of phenolic OH excluding ortho intramolecular Hbond substituents is 1. The molecule has 0 aliphatic carbocycles. The van der Waals surface area contributed by atoms with Gasteiger partial charge in [0.2, 0.25) is 0 Å². The number of ether oxygens (including phenoxy) is 1. The standard InChI is InChI=1S/C27H28Br2O3/c1-18(2)23-13-20(11-12-27(23)31)14-24-25(28)15-22(16-26(24)29)32-17-21(30)10-6-9-19-7-4-3-5-8-19/h3-5,7-8,11-13,15-16,18,31H,6,9-10,14,17H2,1-2H3. The van der Waals surface area contributed by atoms with Gasteiger partial charge in [-0.2, -0.15) is 0 Å². The molecule has 0 unspecified atom stereocenters. The molecule has 0 radical (unpaired) electrons. The van der Waals surface area contributed by atoms with E-state index < -0.39 is 0 Å². The zero-order valence-corrected chi connectivity index (χ0v) is 21.6. The van der Waals surface area contributed by atoms with Crippen LogP contribution in [0, 0.1) is 0 Å². The number of aryl methyl sites for hydroxylation is 1. The Balaban J connectivity index is 1.57. The first kappa shape index (κ1) is 24.5. The molecule has 3 aromatic rings. The van der Waals surface area contributed by atoms with Gasteiger partial charge in [0, 0.05) is 15.4 Å². The number of halogens is 2. The summed E-state index contributed by atoms with van der Waals surface area (Å²) in [7, 11) is 0. The third kappa shape index (κ3) is 6.94. The minimum atomic E-state index is 0.0721. The van der Waals surface area contributed by atoms with E-state index in [1.807, 2.05) is 36.4 Å². The van der Waals surface area contributed by atoms with Gasteiger partial charge in [-0.1, -0.05) is 88.2 Å². The van der Waals surface area contributed by atoms with Gasteiger partial charge < -0.3 is 9.84 Å². The van der Waals surface area contributed by atoms with Crippen LogP contribution in [0.5, 0.6) is 11.5 Å². The third-order valence-corrected chi connectivity index (χ3v) is 6.79. The molecule has 0 atom stereocenters. The highest BCUT2D eigenvalue weighted by atomic mass is 79.9. The summed E-state index contributed by atoms with van der Waals surface area (Å²) in [5.74, 6) is 1.34. The lowest BCUT2D eigenvalue weighted by Crippen LogP contribution is -2.11. The van der Waals surface area contributed by atoms with Crippen molar-refractivity contribution in [1.82, 2.24) is 0 Å². The van der Waals surface area contributed by atoms with E-state index in [0.29, 0.717) is 24.3 Å². The highest BCUT2D eigenvalue weighted by Crippen LogP contribution is 2.34. The van der Waals surface area contributed by atoms with Crippen molar-refractivity contribution in [1.29, 1.82) is 0 Å². The van der Waals surface area contributed by atoms with Crippen molar-refractivity contribution in [3.05, 3.63) is 91.9 Å². The fraction of sp³-hybridized carbons (Fsp3) is 0.296. The summed E-state index contributed by atoms with van der Waals surface area (Å²) in [6, 6.07) is 19.8. The van der Waals surface area contributed by atoms with Crippen molar-refractivity contribution in [3.63, 3.8) is 0 Å². The molecule has 168 valence electrons. The van der Waals surface area contributed by atoms with Gasteiger partial charge in [-0.3, -0.25) is 4.79 Å². The van der Waals surface area contributed by atoms with Crippen molar-refractivity contribution in [2.24, 2.45) is 0 Å². The average molecular weight is 560 g/mol. The predicted molar refractivity (Wildman–Crippen MR) is 137 cm³/mol. The van der Waals surface area contributed by atoms with Crippen molar-refractivity contribution >= 4 is 37.6 Å². The number of benzene rings is 3. The van der Waals surface area contributed by atoms with Crippen LogP contribution in [0.4, 0.5) is 0 Å². The SMILES string of the molecule is CC(C)c1cc(Cc2c(Br)cc(OCC(=O)CCCc3ccccc3)cc2Br)ccc1O. The van der Waals surface area contributed by atoms with Crippen LogP contribution >= 0.6 is 31.9 Å². The van der Waals surface area contributed by atoms with Gasteiger partial charge in [-0.15, -0.1) is 0 Å². The quantitative estimate of drug-likeness (QED) is 0.278. The Kier molecular flexibility index (Phi) is 8.94. The molecule has 0 aliphatic heterocycles. The van der Waals surface area contributed by atoms with Crippen LogP contribution in [-0.2, 0) is 17.6 Å². The summed E-state index contributed by atoms with van der Waals surface area (Å²) in [6.07, 6.45) is 2.94. The van der Waals surface area contributed by atoms with Gasteiger partial charge >= 0.3 is 0 Å². The van der Waals surface area contributed by atoms with Crippen LogP contribution in [0.1, 0.15) is 54.9 Å². The third-order valence-electron chi connectivity index (χ3n) is 5.37. The zero-order valence-electron chi connectivity index (χ0n) is 18.4. The lowest BCUT2D eigenvalue weighted by atomic mass is 9.96. The number of aromatic hydroxyl groups is 1. The fourth-order valence-electron chi connectivity index (χ4n) is 3.58. The summed E-state index contributed by atoms with van der Waals surface area (Å²) in [4.78, 5) is 12.2. The smallest absolute Gasteiger partial charge is 0.170 e. The van der Waals surface area contributed by atoms with Crippen LogP contribution in [-0.4, -0.2) is 17.5 Å². The Labute approximate surface area is 207 Å². The Morgan fingerprint density at radius 2 is 1.66 bits per heavy atom. The average Bonchev–Trinajstić information content (AvgIpc) is 2.76. The maximum Gasteiger partial charge on any atom is 0.170 e. The molecule has 0 amide bonds. The lowest BCUT2D eigenvalue weighted by Gasteiger charge is -2.14. The first-order valence-electron chi connectivity index (χ1n) is 10.8. The molecule has 0 aromatic heterocycles. The van der Waals surface area contributed by atoms with Gasteiger partial charge in [0.05, 0.1) is 0 Å². The number of carbonyl (C=O) groups excluding carboxylic acids is 1. The zero-order chi connectivity index (χ0) is 23.1. The number of rotatable bonds is 10. The van der Waals surface area contributed by atoms with Crippen molar-refractivity contribution in [2.45, 2.75) is 45.4 Å². The molecule has 3 nitrogen and oxygen atoms in total. The van der Waals surface area contributed by atoms with Gasteiger partial charge in [0.15, 0.2) is 5.78 Å². The van der Waals surface area contributed by atoms with E-state index in [-0.39, 0.29) is 18.3 Å². The Morgan fingerprint density at radius 1 is 0.969 bits per heavy atom. The number of ketones is 1. The summed E-state index contributed by atoms with van der Waals surface area (Å²) in [5, 5.41) is 10.1. The Hall–Kier alpha value is -2.11. The van der Waals surface area contributed by atoms with Crippen LogP contribution in [0.15, 0.2) is 69.6 Å². The summed E-state index contributed by atoms with van der Waals surface area (Å²) in [6.45, 7) is 4.21. The van der Waals surface area contributed by atoms with Gasteiger partial charge in [-0.05, 0) is 65.6 Å². The molecule has 3 aromatic carbocycles. The van der Waals surface area contributed by atoms with Gasteiger partial charge in [0.1, 0.15) is 18.1 Å². The van der Waals surface area contributed by atoms with E-state index in [2.05, 4.69) is 63.9 Å². The topological polar surface area (TPSA) is 46.5 Å². The normalized spacial score (nSPS) is 11.0. The van der Waals surface area contributed by atoms with E-state index in [1.165, 1.54) is 5.56 Å². The molecule has 0 fully saturated rings. The fourth-order valence-corrected chi connectivity index (χ4v) is 5.01. The maximum atomic E-state index is 12.2. The van der Waals surface area contributed by atoms with Gasteiger partial charge in [-0.25, -0.2) is 0 Å². The predicted octanol–water partition coefficient (Wildman–Crippen LogP) is 7.60. The van der Waals surface area contributed by atoms with E-state index in [0.717, 1.165) is 38.5 Å². The molecular weight excluding hydrogens is 532 g/mol.